The number of guanidine groups is 1. The highest BCUT2D eigenvalue weighted by Gasteiger charge is 2.32. The lowest BCUT2D eigenvalue weighted by Gasteiger charge is -2.22. The zero-order valence-electron chi connectivity index (χ0n) is 14.7. The fraction of sp³-hybridized carbons (Fsp3) is 0.529. The second kappa shape index (κ2) is 11.2. The molecule has 1 fully saturated rings. The van der Waals surface area contributed by atoms with Crippen molar-refractivity contribution >= 4 is 41.5 Å². The Bertz CT molecular complexity index is 635. The number of halogens is 4. The van der Waals surface area contributed by atoms with E-state index in [2.05, 4.69) is 20.4 Å². The van der Waals surface area contributed by atoms with Gasteiger partial charge in [0.25, 0.3) is 0 Å². The van der Waals surface area contributed by atoms with Gasteiger partial charge in [0.1, 0.15) is 0 Å². The van der Waals surface area contributed by atoms with Gasteiger partial charge in [0.15, 0.2) is 11.7 Å². The lowest BCUT2D eigenvalue weighted by Crippen LogP contribution is -2.36. The van der Waals surface area contributed by atoms with Crippen molar-refractivity contribution in [3.8, 4) is 5.75 Å². The van der Waals surface area contributed by atoms with Gasteiger partial charge in [-0.3, -0.25) is 9.79 Å². The second-order valence-corrected chi connectivity index (χ2v) is 6.09. The number of aliphatic imine (C=N–C) groups is 1. The number of carbonyl (C=O) groups is 1. The van der Waals surface area contributed by atoms with Gasteiger partial charge < -0.3 is 21.1 Å². The number of nitrogens with zero attached hydrogens (tertiary/aromatic N) is 1. The number of ether oxygens (including phenoxy) is 1. The summed E-state index contributed by atoms with van der Waals surface area (Å²) in [4.78, 5) is 15.9. The van der Waals surface area contributed by atoms with E-state index in [-0.39, 0.29) is 60.5 Å². The Labute approximate surface area is 173 Å². The van der Waals surface area contributed by atoms with Crippen LogP contribution in [0.3, 0.4) is 0 Å². The topological polar surface area (TPSA) is 88.7 Å². The van der Waals surface area contributed by atoms with Crippen LogP contribution in [0.1, 0.15) is 38.5 Å². The van der Waals surface area contributed by atoms with E-state index in [0.29, 0.717) is 0 Å². The summed E-state index contributed by atoms with van der Waals surface area (Å²) in [5.41, 5.74) is 5.72. The number of para-hydroxylation sites is 2. The van der Waals surface area contributed by atoms with Crippen LogP contribution in [0, 0.1) is 0 Å². The quantitative estimate of drug-likeness (QED) is 0.315. The third-order valence-electron chi connectivity index (χ3n) is 3.97. The minimum atomic E-state index is -4.80. The van der Waals surface area contributed by atoms with Crippen LogP contribution >= 0.6 is 24.0 Å². The molecule has 0 bridgehead atoms. The lowest BCUT2D eigenvalue weighted by molar-refractivity contribution is -0.274. The Hall–Kier alpha value is -1.72. The summed E-state index contributed by atoms with van der Waals surface area (Å²) in [6, 6.07) is 5.73. The number of amides is 1. The number of hydrogen-bond donors (Lipinski definition) is 3. The SMILES string of the molecule is I.NC(=NCCC(=O)NC1CCCCC1)Nc1ccccc1OC(F)(F)F. The molecule has 1 amide bonds. The molecule has 1 aromatic carbocycles. The van der Waals surface area contributed by atoms with E-state index in [0.717, 1.165) is 25.7 Å². The van der Waals surface area contributed by atoms with Crippen molar-refractivity contribution in [1.82, 2.24) is 5.32 Å². The minimum absolute atomic E-state index is 0. The molecule has 0 unspecified atom stereocenters. The fourth-order valence-electron chi connectivity index (χ4n) is 2.79. The molecule has 0 aliphatic heterocycles. The van der Waals surface area contributed by atoms with Gasteiger partial charge in [0.05, 0.1) is 12.2 Å². The normalized spacial score (nSPS) is 15.6. The fourth-order valence-corrected chi connectivity index (χ4v) is 2.79. The summed E-state index contributed by atoms with van der Waals surface area (Å²) in [7, 11) is 0. The van der Waals surface area contributed by atoms with Crippen LogP contribution in [0.25, 0.3) is 0 Å². The molecule has 0 spiro atoms. The molecule has 0 atom stereocenters. The van der Waals surface area contributed by atoms with Gasteiger partial charge >= 0.3 is 6.36 Å². The minimum Gasteiger partial charge on any atom is -0.404 e. The summed E-state index contributed by atoms with van der Waals surface area (Å²) in [6.45, 7) is 0.139. The summed E-state index contributed by atoms with van der Waals surface area (Å²) >= 11 is 0. The van der Waals surface area contributed by atoms with Crippen LogP contribution in [0.5, 0.6) is 5.75 Å². The Balaban J connectivity index is 0.00000364. The molecule has 1 aliphatic rings. The summed E-state index contributed by atoms with van der Waals surface area (Å²) in [5, 5.41) is 5.52. The van der Waals surface area contributed by atoms with Crippen LogP contribution in [0.4, 0.5) is 18.9 Å². The molecule has 6 nitrogen and oxygen atoms in total. The van der Waals surface area contributed by atoms with Crippen LogP contribution in [0.2, 0.25) is 0 Å². The smallest absolute Gasteiger partial charge is 0.404 e. The highest BCUT2D eigenvalue weighted by molar-refractivity contribution is 14.0. The standard InChI is InChI=1S/C17H23F3N4O2.HI/c18-17(19,20)26-14-9-5-4-8-13(14)24-16(21)22-11-10-15(25)23-12-6-2-1-3-7-12;/h4-5,8-9,12H,1-3,6-7,10-11H2,(H,23,25)(H3,21,22,24);1H. The highest BCUT2D eigenvalue weighted by Crippen LogP contribution is 2.29. The maximum Gasteiger partial charge on any atom is 0.573 e. The molecular formula is C17H24F3IN4O2. The van der Waals surface area contributed by atoms with Crippen LogP contribution in [-0.4, -0.2) is 30.8 Å². The Morgan fingerprint density at radius 3 is 2.56 bits per heavy atom. The molecule has 10 heteroatoms. The van der Waals surface area contributed by atoms with Crippen molar-refractivity contribution in [2.45, 2.75) is 50.9 Å². The first kappa shape index (κ1) is 23.3. The molecule has 1 aliphatic carbocycles. The van der Waals surface area contributed by atoms with E-state index >= 15 is 0 Å². The maximum absolute atomic E-state index is 12.4. The monoisotopic (exact) mass is 500 g/mol. The summed E-state index contributed by atoms with van der Waals surface area (Å²) in [6.07, 6.45) is 0.807. The molecule has 2 rings (SSSR count). The average molecular weight is 500 g/mol. The van der Waals surface area contributed by atoms with Gasteiger partial charge in [-0.1, -0.05) is 31.4 Å². The number of nitrogens with one attached hydrogen (secondary N) is 2. The third-order valence-corrected chi connectivity index (χ3v) is 3.97. The predicted octanol–water partition coefficient (Wildman–Crippen LogP) is 3.77. The van der Waals surface area contributed by atoms with E-state index in [1.807, 2.05) is 0 Å². The van der Waals surface area contributed by atoms with Crippen LogP contribution in [0.15, 0.2) is 29.3 Å². The number of hydrogen-bond acceptors (Lipinski definition) is 3. The number of anilines is 1. The molecular weight excluding hydrogens is 476 g/mol. The third kappa shape index (κ3) is 9.16. The number of nitrogens with two attached hydrogens (primary N) is 1. The van der Waals surface area contributed by atoms with E-state index in [1.54, 1.807) is 0 Å². The maximum atomic E-state index is 12.4. The molecule has 0 radical (unpaired) electrons. The van der Waals surface area contributed by atoms with Gasteiger partial charge in [-0.05, 0) is 25.0 Å². The number of rotatable bonds is 6. The van der Waals surface area contributed by atoms with Crippen molar-refractivity contribution in [3.05, 3.63) is 24.3 Å². The summed E-state index contributed by atoms with van der Waals surface area (Å²) < 4.78 is 41.1. The van der Waals surface area contributed by atoms with Crippen LogP contribution < -0.4 is 21.1 Å². The number of benzene rings is 1. The van der Waals surface area contributed by atoms with E-state index in [9.17, 15) is 18.0 Å². The predicted molar refractivity (Wildman–Crippen MR) is 108 cm³/mol. The first-order chi connectivity index (χ1) is 12.3. The lowest BCUT2D eigenvalue weighted by atomic mass is 9.95. The number of alkyl halides is 3. The molecule has 0 aromatic heterocycles. The van der Waals surface area contributed by atoms with E-state index < -0.39 is 12.1 Å². The molecule has 152 valence electrons. The van der Waals surface area contributed by atoms with Crippen molar-refractivity contribution in [2.75, 3.05) is 11.9 Å². The Morgan fingerprint density at radius 2 is 1.89 bits per heavy atom. The molecule has 0 heterocycles. The van der Waals surface area contributed by atoms with Gasteiger partial charge in [-0.15, -0.1) is 37.1 Å². The molecule has 1 aromatic rings. The molecule has 27 heavy (non-hydrogen) atoms. The Kier molecular flexibility index (Phi) is 9.67. The van der Waals surface area contributed by atoms with Crippen LogP contribution in [-0.2, 0) is 4.79 Å². The van der Waals surface area contributed by atoms with Gasteiger partial charge in [-0.2, -0.15) is 0 Å². The largest absolute Gasteiger partial charge is 0.573 e. The Morgan fingerprint density at radius 1 is 1.22 bits per heavy atom. The zero-order chi connectivity index (χ0) is 19.0. The molecule has 4 N–H and O–H groups in total. The number of carbonyl (C=O) groups excluding carboxylic acids is 1. The van der Waals surface area contributed by atoms with Gasteiger partial charge in [0, 0.05) is 12.5 Å². The average Bonchev–Trinajstić information content (AvgIpc) is 2.56. The first-order valence-electron chi connectivity index (χ1n) is 8.54. The highest BCUT2D eigenvalue weighted by atomic mass is 127. The first-order valence-corrected chi connectivity index (χ1v) is 8.54. The van der Waals surface area contributed by atoms with E-state index in [4.69, 9.17) is 5.73 Å². The molecule has 0 saturated heterocycles. The van der Waals surface area contributed by atoms with Gasteiger partial charge in [-0.25, -0.2) is 0 Å². The van der Waals surface area contributed by atoms with E-state index in [1.165, 1.54) is 30.7 Å². The van der Waals surface area contributed by atoms with Gasteiger partial charge in [0.2, 0.25) is 5.91 Å². The van der Waals surface area contributed by atoms with Crippen molar-refractivity contribution in [3.63, 3.8) is 0 Å². The zero-order valence-corrected chi connectivity index (χ0v) is 17.1. The van der Waals surface area contributed by atoms with Crippen molar-refractivity contribution < 1.29 is 22.7 Å². The van der Waals surface area contributed by atoms with Crippen molar-refractivity contribution in [1.29, 1.82) is 0 Å². The van der Waals surface area contributed by atoms with Crippen molar-refractivity contribution in [2.24, 2.45) is 10.7 Å². The molecule has 1 saturated carbocycles. The summed E-state index contributed by atoms with van der Waals surface area (Å²) in [5.74, 6) is -0.601. The second-order valence-electron chi connectivity index (χ2n) is 6.09.